The minimum atomic E-state index is 1.13. The second-order valence-electron chi connectivity index (χ2n) is 17.7. The molecule has 0 amide bonds. The smallest absolute Gasteiger partial charge is 0.0547 e. The summed E-state index contributed by atoms with van der Waals surface area (Å²) >= 11 is 0. The molecule has 2 nitrogen and oxygen atoms in total. The predicted molar refractivity (Wildman–Crippen MR) is 288 cm³/mol. The van der Waals surface area contributed by atoms with Crippen molar-refractivity contribution >= 4 is 43.6 Å². The Morgan fingerprint density at radius 3 is 1.32 bits per heavy atom. The van der Waals surface area contributed by atoms with Crippen LogP contribution in [-0.2, 0) is 0 Å². The molecule has 0 N–H and O–H groups in total. The Morgan fingerprint density at radius 2 is 0.647 bits per heavy atom. The molecule has 0 spiro atoms. The van der Waals surface area contributed by atoms with E-state index in [0.29, 0.717) is 0 Å². The van der Waals surface area contributed by atoms with E-state index >= 15 is 0 Å². The number of nitrogens with zero attached hydrogens (tertiary/aromatic N) is 2. The zero-order valence-electron chi connectivity index (χ0n) is 37.3. The molecule has 0 fully saturated rings. The summed E-state index contributed by atoms with van der Waals surface area (Å²) < 4.78 is 4.90. The summed E-state index contributed by atoms with van der Waals surface area (Å²) in [6.07, 6.45) is 0. The zero-order valence-corrected chi connectivity index (χ0v) is 37.3. The van der Waals surface area contributed by atoms with Crippen LogP contribution in [0.2, 0.25) is 0 Å². The molecule has 2 heteroatoms. The molecular weight excluding hydrogens is 821 g/mol. The highest BCUT2D eigenvalue weighted by molar-refractivity contribution is 6.17. The summed E-state index contributed by atoms with van der Waals surface area (Å²) in [7, 11) is 0. The van der Waals surface area contributed by atoms with Gasteiger partial charge in [-0.15, -0.1) is 0 Å². The third-order valence-corrected chi connectivity index (χ3v) is 13.7. The number of hydrogen-bond donors (Lipinski definition) is 0. The maximum absolute atomic E-state index is 2.46. The van der Waals surface area contributed by atoms with Gasteiger partial charge in [0.15, 0.2) is 0 Å². The number of aromatic nitrogens is 2. The Labute approximate surface area is 395 Å². The molecular formula is C66H44N2. The summed E-state index contributed by atoms with van der Waals surface area (Å²) in [6, 6.07) is 97.5. The highest BCUT2D eigenvalue weighted by Gasteiger charge is 2.20. The minimum absolute atomic E-state index is 1.13. The van der Waals surface area contributed by atoms with Gasteiger partial charge in [0, 0.05) is 32.8 Å². The molecule has 0 atom stereocenters. The summed E-state index contributed by atoms with van der Waals surface area (Å²) in [5.41, 5.74) is 21.4. The van der Waals surface area contributed by atoms with Crippen molar-refractivity contribution in [2.24, 2.45) is 0 Å². The molecule has 13 rings (SSSR count). The van der Waals surface area contributed by atoms with Crippen LogP contribution in [0.3, 0.4) is 0 Å². The summed E-state index contributed by atoms with van der Waals surface area (Å²) in [4.78, 5) is 0. The van der Waals surface area contributed by atoms with Gasteiger partial charge in [-0.05, 0) is 128 Å². The van der Waals surface area contributed by atoms with Crippen LogP contribution < -0.4 is 0 Å². The molecule has 0 unspecified atom stereocenters. The van der Waals surface area contributed by atoms with Crippen LogP contribution in [0, 0.1) is 0 Å². The van der Waals surface area contributed by atoms with E-state index < -0.39 is 0 Å². The lowest BCUT2D eigenvalue weighted by molar-refractivity contribution is 1.18. The molecule has 2 aromatic heterocycles. The topological polar surface area (TPSA) is 9.86 Å². The minimum Gasteiger partial charge on any atom is -0.309 e. The molecule has 68 heavy (non-hydrogen) atoms. The van der Waals surface area contributed by atoms with Gasteiger partial charge in [-0.2, -0.15) is 0 Å². The van der Waals surface area contributed by atoms with Crippen molar-refractivity contribution in [3.63, 3.8) is 0 Å². The Bertz CT molecular complexity index is 3980. The lowest BCUT2D eigenvalue weighted by atomic mass is 9.95. The zero-order chi connectivity index (χ0) is 45.0. The second-order valence-corrected chi connectivity index (χ2v) is 17.7. The monoisotopic (exact) mass is 864 g/mol. The molecule has 0 aliphatic heterocycles. The number of rotatable bonds is 8. The van der Waals surface area contributed by atoms with Gasteiger partial charge in [0.2, 0.25) is 0 Å². The largest absolute Gasteiger partial charge is 0.309 e. The molecule has 318 valence electrons. The Morgan fingerprint density at radius 1 is 0.206 bits per heavy atom. The molecule has 0 saturated carbocycles. The van der Waals surface area contributed by atoms with E-state index in [-0.39, 0.29) is 0 Å². The van der Waals surface area contributed by atoms with Crippen LogP contribution >= 0.6 is 0 Å². The number of benzene rings is 11. The molecule has 0 radical (unpaired) electrons. The first kappa shape index (κ1) is 39.4. The molecule has 0 bridgehead atoms. The number of fused-ring (bicyclic) bond motifs is 6. The lowest BCUT2D eigenvalue weighted by Gasteiger charge is -2.16. The average molecular weight is 865 g/mol. The van der Waals surface area contributed by atoms with Crippen LogP contribution in [-0.4, -0.2) is 9.13 Å². The highest BCUT2D eigenvalue weighted by Crippen LogP contribution is 2.43. The third kappa shape index (κ3) is 6.73. The standard InChI is InChI=1S/C66H44N2/c1-5-17-45(18-6-1)48-31-36-55(37-32-48)67-64-40-35-53(44-60(64)66-56(28-16-30-65(66)67)54-26-15-25-50(41-54)46-19-7-2-8-20-46)52-34-39-63-59(43-52)57-27-13-14-29-61(57)68(63)62-38-33-51(47-21-9-3-10-22-47)42-58(62)49-23-11-4-12-24-49/h1-44H. The molecule has 0 saturated heterocycles. The molecule has 11 aromatic carbocycles. The van der Waals surface area contributed by atoms with Crippen molar-refractivity contribution in [1.29, 1.82) is 0 Å². The first-order valence-corrected chi connectivity index (χ1v) is 23.4. The first-order chi connectivity index (χ1) is 33.7. The maximum Gasteiger partial charge on any atom is 0.0547 e. The van der Waals surface area contributed by atoms with E-state index in [0.717, 1.165) is 11.4 Å². The fourth-order valence-electron chi connectivity index (χ4n) is 10.5. The molecule has 0 aliphatic rings. The summed E-state index contributed by atoms with van der Waals surface area (Å²) in [6.45, 7) is 0. The van der Waals surface area contributed by atoms with Gasteiger partial charge in [-0.1, -0.05) is 200 Å². The van der Waals surface area contributed by atoms with Crippen molar-refractivity contribution in [1.82, 2.24) is 9.13 Å². The van der Waals surface area contributed by atoms with Gasteiger partial charge in [-0.25, -0.2) is 0 Å². The van der Waals surface area contributed by atoms with E-state index in [2.05, 4.69) is 276 Å². The van der Waals surface area contributed by atoms with Crippen molar-refractivity contribution in [2.75, 3.05) is 0 Å². The van der Waals surface area contributed by atoms with Gasteiger partial charge < -0.3 is 9.13 Å². The van der Waals surface area contributed by atoms with E-state index in [1.54, 1.807) is 0 Å². The second kappa shape index (κ2) is 16.5. The summed E-state index contributed by atoms with van der Waals surface area (Å²) in [5, 5.41) is 4.92. The quantitative estimate of drug-likeness (QED) is 0.144. The SMILES string of the molecule is c1ccc(-c2ccc(-n3c4ccc(-c5ccc6c(c5)c5ccccc5n6-c5ccc(-c6ccccc6)cc5-c5ccccc5)cc4c4c(-c5cccc(-c6ccccc6)c5)cccc43)cc2)cc1. The Hall–Kier alpha value is -8.98. The third-order valence-electron chi connectivity index (χ3n) is 13.7. The van der Waals surface area contributed by atoms with Crippen molar-refractivity contribution < 1.29 is 0 Å². The van der Waals surface area contributed by atoms with E-state index in [1.165, 1.54) is 110 Å². The maximum atomic E-state index is 2.46. The Kier molecular flexibility index (Phi) is 9.54. The fraction of sp³-hybridized carbons (Fsp3) is 0. The van der Waals surface area contributed by atoms with E-state index in [9.17, 15) is 0 Å². The van der Waals surface area contributed by atoms with Crippen LogP contribution in [0.1, 0.15) is 0 Å². The van der Waals surface area contributed by atoms with Crippen molar-refractivity contribution in [3.8, 4) is 78.1 Å². The van der Waals surface area contributed by atoms with Gasteiger partial charge in [-0.3, -0.25) is 0 Å². The van der Waals surface area contributed by atoms with Gasteiger partial charge >= 0.3 is 0 Å². The van der Waals surface area contributed by atoms with Gasteiger partial charge in [0.05, 0.1) is 27.8 Å². The molecule has 13 aromatic rings. The fourth-order valence-corrected chi connectivity index (χ4v) is 10.5. The van der Waals surface area contributed by atoms with Crippen molar-refractivity contribution in [3.05, 3.63) is 267 Å². The van der Waals surface area contributed by atoms with E-state index in [4.69, 9.17) is 0 Å². The van der Waals surface area contributed by atoms with Crippen LogP contribution in [0.5, 0.6) is 0 Å². The van der Waals surface area contributed by atoms with Gasteiger partial charge in [0.25, 0.3) is 0 Å². The van der Waals surface area contributed by atoms with Crippen LogP contribution in [0.15, 0.2) is 267 Å². The average Bonchev–Trinajstić information content (AvgIpc) is 3.94. The van der Waals surface area contributed by atoms with Crippen LogP contribution in [0.4, 0.5) is 0 Å². The first-order valence-electron chi connectivity index (χ1n) is 23.4. The molecule has 2 heterocycles. The van der Waals surface area contributed by atoms with E-state index in [1.807, 2.05) is 0 Å². The predicted octanol–water partition coefficient (Wildman–Crippen LogP) is 17.9. The summed E-state index contributed by atoms with van der Waals surface area (Å²) in [5.74, 6) is 0. The molecule has 0 aliphatic carbocycles. The van der Waals surface area contributed by atoms with Crippen LogP contribution in [0.25, 0.3) is 122 Å². The number of hydrogen-bond acceptors (Lipinski definition) is 0. The van der Waals surface area contributed by atoms with Crippen molar-refractivity contribution in [2.45, 2.75) is 0 Å². The normalized spacial score (nSPS) is 11.5. The number of para-hydroxylation sites is 1. The van der Waals surface area contributed by atoms with Gasteiger partial charge in [0.1, 0.15) is 0 Å². The Balaban J connectivity index is 0.999. The highest BCUT2D eigenvalue weighted by atomic mass is 15.0. The lowest BCUT2D eigenvalue weighted by Crippen LogP contribution is -1.98.